The van der Waals surface area contributed by atoms with Crippen molar-refractivity contribution in [1.29, 1.82) is 0 Å². The van der Waals surface area contributed by atoms with Crippen LogP contribution in [-0.4, -0.2) is 23.1 Å². The predicted molar refractivity (Wildman–Crippen MR) is 68.0 cm³/mol. The number of hydrogen-bond acceptors (Lipinski definition) is 3. The third kappa shape index (κ3) is 2.18. The number of benzene rings is 1. The van der Waals surface area contributed by atoms with Crippen molar-refractivity contribution in [1.82, 2.24) is 9.97 Å². The molecule has 18 heavy (non-hydrogen) atoms. The number of anilines is 1. The van der Waals surface area contributed by atoms with Crippen molar-refractivity contribution in [3.05, 3.63) is 54.2 Å². The molecule has 2 heterocycles. The molecule has 1 aliphatic rings. The Balaban J connectivity index is 1.76. The average Bonchev–Trinajstić information content (AvgIpc) is 2.89. The van der Waals surface area contributed by atoms with Crippen molar-refractivity contribution >= 4 is 5.82 Å². The van der Waals surface area contributed by atoms with Gasteiger partial charge in [-0.2, -0.15) is 4.39 Å². The fraction of sp³-hybridized carbons (Fsp3) is 0.286. The van der Waals surface area contributed by atoms with Gasteiger partial charge in [-0.25, -0.2) is 9.97 Å². The smallest absolute Gasteiger partial charge is 0.218 e. The summed E-state index contributed by atoms with van der Waals surface area (Å²) in [5, 5.41) is 0. The van der Waals surface area contributed by atoms with Crippen molar-refractivity contribution in [3.8, 4) is 0 Å². The van der Waals surface area contributed by atoms with Crippen LogP contribution in [0.1, 0.15) is 17.9 Å². The van der Waals surface area contributed by atoms with E-state index in [-0.39, 0.29) is 0 Å². The highest BCUT2D eigenvalue weighted by Gasteiger charge is 2.24. The Bertz CT molecular complexity index is 530. The van der Waals surface area contributed by atoms with Gasteiger partial charge in [0.05, 0.1) is 0 Å². The van der Waals surface area contributed by atoms with Crippen molar-refractivity contribution in [2.75, 3.05) is 18.0 Å². The summed E-state index contributed by atoms with van der Waals surface area (Å²) in [7, 11) is 0. The summed E-state index contributed by atoms with van der Waals surface area (Å²) < 4.78 is 13.1. The van der Waals surface area contributed by atoms with Crippen molar-refractivity contribution in [2.24, 2.45) is 0 Å². The molecule has 0 bridgehead atoms. The molecular weight excluding hydrogens is 229 g/mol. The van der Waals surface area contributed by atoms with Gasteiger partial charge >= 0.3 is 0 Å². The molecule has 0 N–H and O–H groups in total. The van der Waals surface area contributed by atoms with Crippen LogP contribution in [0.2, 0.25) is 0 Å². The van der Waals surface area contributed by atoms with E-state index in [2.05, 4.69) is 39.1 Å². The van der Waals surface area contributed by atoms with Gasteiger partial charge in [0.1, 0.15) is 12.1 Å². The summed E-state index contributed by atoms with van der Waals surface area (Å²) in [4.78, 5) is 9.72. The second-order valence-electron chi connectivity index (χ2n) is 4.54. The third-order valence-electron chi connectivity index (χ3n) is 3.40. The number of nitrogens with zero attached hydrogens (tertiary/aromatic N) is 3. The lowest BCUT2D eigenvalue weighted by molar-refractivity contribution is 0.578. The van der Waals surface area contributed by atoms with Crippen LogP contribution < -0.4 is 4.90 Å². The van der Waals surface area contributed by atoms with Crippen LogP contribution >= 0.6 is 0 Å². The van der Waals surface area contributed by atoms with Gasteiger partial charge in [-0.05, 0) is 12.0 Å². The zero-order chi connectivity index (χ0) is 12.4. The molecule has 2 aromatic rings. The molecule has 0 radical (unpaired) electrons. The van der Waals surface area contributed by atoms with E-state index in [1.165, 1.54) is 18.0 Å². The predicted octanol–water partition coefficient (Wildman–Crippen LogP) is 2.61. The molecule has 1 atom stereocenters. The summed E-state index contributed by atoms with van der Waals surface area (Å²) in [5.74, 6) is 0.716. The minimum absolute atomic E-state index is 0.469. The van der Waals surface area contributed by atoms with E-state index in [1.54, 1.807) is 0 Å². The van der Waals surface area contributed by atoms with E-state index >= 15 is 0 Å². The molecule has 1 aromatic heterocycles. The Morgan fingerprint density at radius 3 is 2.78 bits per heavy atom. The first-order valence-electron chi connectivity index (χ1n) is 6.10. The minimum atomic E-state index is -0.469. The zero-order valence-electron chi connectivity index (χ0n) is 9.96. The molecule has 1 fully saturated rings. The van der Waals surface area contributed by atoms with Gasteiger partial charge in [0, 0.05) is 25.1 Å². The van der Waals surface area contributed by atoms with E-state index in [4.69, 9.17) is 0 Å². The van der Waals surface area contributed by atoms with Gasteiger partial charge in [0.25, 0.3) is 0 Å². The standard InChI is InChI=1S/C14H14FN3/c15-13-8-14(17-10-16-13)18-7-6-12(9-18)11-4-2-1-3-5-11/h1-5,8,10,12H,6-7,9H2. The Labute approximate surface area is 105 Å². The monoisotopic (exact) mass is 243 g/mol. The van der Waals surface area contributed by atoms with Gasteiger partial charge in [-0.15, -0.1) is 0 Å². The summed E-state index contributed by atoms with van der Waals surface area (Å²) in [6.45, 7) is 1.80. The maximum Gasteiger partial charge on any atom is 0.218 e. The lowest BCUT2D eigenvalue weighted by atomic mass is 9.99. The van der Waals surface area contributed by atoms with Crippen LogP contribution in [0.5, 0.6) is 0 Å². The molecule has 0 amide bonds. The highest BCUT2D eigenvalue weighted by Crippen LogP contribution is 2.29. The summed E-state index contributed by atoms with van der Waals surface area (Å²) in [5.41, 5.74) is 1.34. The van der Waals surface area contributed by atoms with E-state index < -0.39 is 5.95 Å². The topological polar surface area (TPSA) is 29.0 Å². The van der Waals surface area contributed by atoms with E-state index in [9.17, 15) is 4.39 Å². The molecule has 0 saturated carbocycles. The second-order valence-corrected chi connectivity index (χ2v) is 4.54. The molecule has 1 aliphatic heterocycles. The van der Waals surface area contributed by atoms with Gasteiger partial charge in [-0.3, -0.25) is 0 Å². The SMILES string of the molecule is Fc1cc(N2CCC(c3ccccc3)C2)ncn1. The Hall–Kier alpha value is -1.97. The first kappa shape index (κ1) is 11.1. The fourth-order valence-corrected chi connectivity index (χ4v) is 2.46. The maximum atomic E-state index is 13.1. The number of halogens is 1. The van der Waals surface area contributed by atoms with Crippen LogP contribution in [-0.2, 0) is 0 Å². The van der Waals surface area contributed by atoms with Gasteiger partial charge in [0.15, 0.2) is 0 Å². The lowest BCUT2D eigenvalue weighted by Gasteiger charge is -2.17. The first-order chi connectivity index (χ1) is 8.83. The number of hydrogen-bond donors (Lipinski definition) is 0. The van der Waals surface area contributed by atoms with Gasteiger partial charge in [-0.1, -0.05) is 30.3 Å². The average molecular weight is 243 g/mol. The lowest BCUT2D eigenvalue weighted by Crippen LogP contribution is -2.20. The molecule has 92 valence electrons. The van der Waals surface area contributed by atoms with Crippen LogP contribution in [0.15, 0.2) is 42.7 Å². The minimum Gasteiger partial charge on any atom is -0.356 e. The molecule has 1 unspecified atom stereocenters. The third-order valence-corrected chi connectivity index (χ3v) is 3.40. The Morgan fingerprint density at radius 1 is 1.17 bits per heavy atom. The van der Waals surface area contributed by atoms with Crippen LogP contribution in [0, 0.1) is 5.95 Å². The molecule has 0 aliphatic carbocycles. The molecule has 1 aromatic carbocycles. The second kappa shape index (κ2) is 4.72. The molecule has 3 rings (SSSR count). The van der Waals surface area contributed by atoms with E-state index in [0.29, 0.717) is 11.7 Å². The maximum absolute atomic E-state index is 13.1. The largest absolute Gasteiger partial charge is 0.356 e. The van der Waals surface area contributed by atoms with E-state index in [0.717, 1.165) is 19.5 Å². The normalized spacial score (nSPS) is 19.2. The quantitative estimate of drug-likeness (QED) is 0.759. The Morgan fingerprint density at radius 2 is 2.00 bits per heavy atom. The summed E-state index contributed by atoms with van der Waals surface area (Å²) >= 11 is 0. The molecule has 3 nitrogen and oxygen atoms in total. The summed E-state index contributed by atoms with van der Waals surface area (Å²) in [6, 6.07) is 11.8. The van der Waals surface area contributed by atoms with Crippen molar-refractivity contribution in [2.45, 2.75) is 12.3 Å². The zero-order valence-corrected chi connectivity index (χ0v) is 9.96. The molecule has 4 heteroatoms. The molecule has 1 saturated heterocycles. The fourth-order valence-electron chi connectivity index (χ4n) is 2.46. The van der Waals surface area contributed by atoms with Crippen molar-refractivity contribution < 1.29 is 4.39 Å². The summed E-state index contributed by atoms with van der Waals surface area (Å²) in [6.07, 6.45) is 2.36. The highest BCUT2D eigenvalue weighted by molar-refractivity contribution is 5.40. The molecule has 0 spiro atoms. The van der Waals surface area contributed by atoms with E-state index in [1.807, 2.05) is 6.07 Å². The van der Waals surface area contributed by atoms with Gasteiger partial charge < -0.3 is 4.90 Å². The van der Waals surface area contributed by atoms with Crippen LogP contribution in [0.25, 0.3) is 0 Å². The van der Waals surface area contributed by atoms with Crippen LogP contribution in [0.4, 0.5) is 10.2 Å². The Kier molecular flexibility index (Phi) is 2.92. The first-order valence-corrected chi connectivity index (χ1v) is 6.10. The van der Waals surface area contributed by atoms with Crippen molar-refractivity contribution in [3.63, 3.8) is 0 Å². The number of aromatic nitrogens is 2. The number of rotatable bonds is 2. The van der Waals surface area contributed by atoms with Gasteiger partial charge in [0.2, 0.25) is 5.95 Å². The highest BCUT2D eigenvalue weighted by atomic mass is 19.1. The molecular formula is C14H14FN3. The van der Waals surface area contributed by atoms with Crippen LogP contribution in [0.3, 0.4) is 0 Å².